The molecule has 2 heterocycles. The van der Waals surface area contributed by atoms with Gasteiger partial charge in [0.05, 0.1) is 15.1 Å². The second-order valence-electron chi connectivity index (χ2n) is 8.39. The zero-order valence-corrected chi connectivity index (χ0v) is 17.2. The Morgan fingerprint density at radius 3 is 2.62 bits per heavy atom. The van der Waals surface area contributed by atoms with Gasteiger partial charge in [-0.15, -0.1) is 0 Å². The fraction of sp³-hybridized carbons (Fsp3) is 0.611. The molecule has 8 heteroatoms. The van der Waals surface area contributed by atoms with E-state index in [2.05, 4.69) is 25.8 Å². The van der Waals surface area contributed by atoms with E-state index in [0.29, 0.717) is 6.54 Å². The van der Waals surface area contributed by atoms with Crippen molar-refractivity contribution in [1.29, 1.82) is 0 Å². The van der Waals surface area contributed by atoms with E-state index in [1.807, 2.05) is 4.90 Å². The molecule has 0 spiro atoms. The molecule has 1 amide bonds. The highest BCUT2D eigenvalue weighted by Crippen LogP contribution is 2.52. The maximum atomic E-state index is 12.6. The van der Waals surface area contributed by atoms with Crippen molar-refractivity contribution in [1.82, 2.24) is 9.88 Å². The SMILES string of the molecule is CC1(C)C[C@H]2C[C@](C)(CN2C(=O)COC(=O)c2ncc(Cl)c(Cl)c2Cl)C1. The molecule has 2 bridgehead atoms. The van der Waals surface area contributed by atoms with E-state index in [4.69, 9.17) is 39.5 Å². The minimum atomic E-state index is -0.796. The van der Waals surface area contributed by atoms with Gasteiger partial charge in [-0.2, -0.15) is 0 Å². The summed E-state index contributed by atoms with van der Waals surface area (Å²) in [4.78, 5) is 30.5. The van der Waals surface area contributed by atoms with Crippen LogP contribution in [0.2, 0.25) is 15.1 Å². The minimum Gasteiger partial charge on any atom is -0.451 e. The summed E-state index contributed by atoms with van der Waals surface area (Å²) in [6.45, 7) is 7.06. The molecule has 1 aromatic rings. The number of likely N-dealkylation sites (tertiary alicyclic amines) is 1. The number of aromatic nitrogens is 1. The number of rotatable bonds is 3. The summed E-state index contributed by atoms with van der Waals surface area (Å²) in [6.07, 6.45) is 4.27. The molecule has 1 aromatic heterocycles. The number of amides is 1. The summed E-state index contributed by atoms with van der Waals surface area (Å²) < 4.78 is 5.13. The van der Waals surface area contributed by atoms with Crippen LogP contribution < -0.4 is 0 Å². The molecule has 0 radical (unpaired) electrons. The molecule has 5 nitrogen and oxygen atoms in total. The normalized spacial score (nSPS) is 26.7. The van der Waals surface area contributed by atoms with Crippen molar-refractivity contribution in [2.75, 3.05) is 13.2 Å². The van der Waals surface area contributed by atoms with Crippen LogP contribution in [0.25, 0.3) is 0 Å². The lowest BCUT2D eigenvalue weighted by molar-refractivity contribution is -0.135. The van der Waals surface area contributed by atoms with E-state index >= 15 is 0 Å². The van der Waals surface area contributed by atoms with E-state index in [9.17, 15) is 9.59 Å². The molecule has 2 atom stereocenters. The van der Waals surface area contributed by atoms with E-state index in [1.165, 1.54) is 6.20 Å². The van der Waals surface area contributed by atoms with Crippen molar-refractivity contribution < 1.29 is 14.3 Å². The highest BCUT2D eigenvalue weighted by molar-refractivity contribution is 6.48. The monoisotopic (exact) mass is 418 g/mol. The van der Waals surface area contributed by atoms with Crippen LogP contribution in [0, 0.1) is 10.8 Å². The molecule has 1 aliphatic carbocycles. The number of hydrogen-bond acceptors (Lipinski definition) is 4. The van der Waals surface area contributed by atoms with Gasteiger partial charge in [0.1, 0.15) is 0 Å². The Labute approximate surface area is 167 Å². The zero-order chi connectivity index (χ0) is 19.3. The van der Waals surface area contributed by atoms with Crippen LogP contribution in [-0.4, -0.2) is 41.0 Å². The van der Waals surface area contributed by atoms with Gasteiger partial charge in [-0.3, -0.25) is 4.79 Å². The fourth-order valence-electron chi connectivity index (χ4n) is 4.62. The summed E-state index contributed by atoms with van der Waals surface area (Å²) in [7, 11) is 0. The summed E-state index contributed by atoms with van der Waals surface area (Å²) in [5.74, 6) is -0.989. The maximum Gasteiger partial charge on any atom is 0.359 e. The number of nitrogens with zero attached hydrogens (tertiary/aromatic N) is 2. The molecule has 2 aliphatic rings. The number of pyridine rings is 1. The van der Waals surface area contributed by atoms with Gasteiger partial charge >= 0.3 is 5.97 Å². The lowest BCUT2D eigenvalue weighted by Gasteiger charge is -2.39. The zero-order valence-electron chi connectivity index (χ0n) is 14.9. The smallest absolute Gasteiger partial charge is 0.359 e. The molecule has 1 aliphatic heterocycles. The first-order valence-corrected chi connectivity index (χ1v) is 9.61. The molecule has 0 unspecified atom stereocenters. The molecule has 1 saturated carbocycles. The van der Waals surface area contributed by atoms with E-state index in [0.717, 1.165) is 19.3 Å². The molecule has 1 saturated heterocycles. The average Bonchev–Trinajstić information content (AvgIpc) is 2.79. The van der Waals surface area contributed by atoms with E-state index in [1.54, 1.807) is 0 Å². The lowest BCUT2D eigenvalue weighted by Crippen LogP contribution is -2.39. The Morgan fingerprint density at radius 2 is 1.92 bits per heavy atom. The predicted molar refractivity (Wildman–Crippen MR) is 101 cm³/mol. The Balaban J connectivity index is 1.65. The second kappa shape index (κ2) is 6.84. The standard InChI is InChI=1S/C18H21Cl3N2O3/c1-17(2)4-10-5-18(3,8-17)9-23(10)12(24)7-26-16(25)15-14(21)13(20)11(19)6-22-15/h6,10H,4-5,7-9H2,1-3H3/t10-,18-/m0/s1. The molecule has 0 N–H and O–H groups in total. The Kier molecular flexibility index (Phi) is 5.19. The third-order valence-corrected chi connectivity index (χ3v) is 6.41. The van der Waals surface area contributed by atoms with Gasteiger partial charge in [-0.1, -0.05) is 55.6 Å². The van der Waals surface area contributed by atoms with Crippen LogP contribution in [0.1, 0.15) is 50.5 Å². The minimum absolute atomic E-state index is 0.0325. The van der Waals surface area contributed by atoms with Crippen molar-refractivity contribution in [2.45, 2.75) is 46.1 Å². The van der Waals surface area contributed by atoms with Gasteiger partial charge in [-0.25, -0.2) is 9.78 Å². The van der Waals surface area contributed by atoms with Gasteiger partial charge in [-0.05, 0) is 30.1 Å². The molecule has 26 heavy (non-hydrogen) atoms. The van der Waals surface area contributed by atoms with Crippen LogP contribution >= 0.6 is 34.8 Å². The quantitative estimate of drug-likeness (QED) is 0.670. The Bertz CT molecular complexity index is 768. The number of esters is 1. The molecule has 0 aromatic carbocycles. The highest BCUT2D eigenvalue weighted by atomic mass is 35.5. The Morgan fingerprint density at radius 1 is 1.23 bits per heavy atom. The molecular formula is C18H21Cl3N2O3. The number of ether oxygens (including phenoxy) is 1. The number of hydrogen-bond donors (Lipinski definition) is 0. The maximum absolute atomic E-state index is 12.6. The van der Waals surface area contributed by atoms with Crippen LogP contribution in [-0.2, 0) is 9.53 Å². The van der Waals surface area contributed by atoms with Crippen LogP contribution in [0.15, 0.2) is 6.20 Å². The first-order valence-electron chi connectivity index (χ1n) is 8.47. The summed E-state index contributed by atoms with van der Waals surface area (Å²) in [5.41, 5.74) is 0.184. The molecule has 142 valence electrons. The third kappa shape index (κ3) is 3.80. The van der Waals surface area contributed by atoms with Crippen LogP contribution in [0.5, 0.6) is 0 Å². The molecular weight excluding hydrogens is 399 g/mol. The summed E-state index contributed by atoms with van der Waals surface area (Å²) in [6, 6.07) is 0.196. The van der Waals surface area contributed by atoms with Crippen LogP contribution in [0.4, 0.5) is 0 Å². The van der Waals surface area contributed by atoms with Gasteiger partial charge in [0.25, 0.3) is 5.91 Å². The van der Waals surface area contributed by atoms with Crippen molar-refractivity contribution in [3.05, 3.63) is 27.0 Å². The fourth-order valence-corrected chi connectivity index (χ4v) is 5.17. The molecule has 3 rings (SSSR count). The first-order chi connectivity index (χ1) is 12.0. The summed E-state index contributed by atoms with van der Waals surface area (Å²) >= 11 is 17.7. The van der Waals surface area contributed by atoms with Gasteiger partial charge < -0.3 is 9.64 Å². The van der Waals surface area contributed by atoms with Crippen LogP contribution in [0.3, 0.4) is 0 Å². The largest absolute Gasteiger partial charge is 0.451 e. The third-order valence-electron chi connectivity index (χ3n) is 5.17. The van der Waals surface area contributed by atoms with Gasteiger partial charge in [0.15, 0.2) is 12.3 Å². The first kappa shape index (κ1) is 19.7. The molecule has 2 fully saturated rings. The van der Waals surface area contributed by atoms with Crippen molar-refractivity contribution in [2.24, 2.45) is 10.8 Å². The van der Waals surface area contributed by atoms with Gasteiger partial charge in [0.2, 0.25) is 0 Å². The van der Waals surface area contributed by atoms with Crippen molar-refractivity contribution in [3.8, 4) is 0 Å². The number of carbonyl (C=O) groups is 2. The van der Waals surface area contributed by atoms with E-state index < -0.39 is 5.97 Å². The number of halogens is 3. The van der Waals surface area contributed by atoms with E-state index in [-0.39, 0.29) is 50.1 Å². The number of fused-ring (bicyclic) bond motifs is 2. The van der Waals surface area contributed by atoms with Crippen molar-refractivity contribution >= 4 is 46.7 Å². The second-order valence-corrected chi connectivity index (χ2v) is 9.56. The number of carbonyl (C=O) groups excluding carboxylic acids is 2. The summed E-state index contributed by atoms with van der Waals surface area (Å²) in [5, 5.41) is 0.0949. The lowest BCUT2D eigenvalue weighted by atomic mass is 9.65. The predicted octanol–water partition coefficient (Wildman–Crippen LogP) is 4.63. The highest BCUT2D eigenvalue weighted by Gasteiger charge is 2.50. The topological polar surface area (TPSA) is 59.5 Å². The van der Waals surface area contributed by atoms with Crippen molar-refractivity contribution in [3.63, 3.8) is 0 Å². The van der Waals surface area contributed by atoms with Gasteiger partial charge in [0, 0.05) is 18.8 Å². The Hall–Kier alpha value is -1.04. The average molecular weight is 420 g/mol.